The minimum absolute atomic E-state index is 0. The quantitative estimate of drug-likeness (QED) is 0.838. The minimum atomic E-state index is -0.701. The fraction of sp³-hybridized carbons (Fsp3) is 0.462. The molecule has 1 aromatic carbocycles. The fourth-order valence-electron chi connectivity index (χ4n) is 1.30. The lowest BCUT2D eigenvalue weighted by molar-refractivity contribution is -0.128. The maximum Gasteiger partial charge on any atom is 0.261 e. The Balaban J connectivity index is 0.00000361. The Morgan fingerprint density at radius 2 is 2.15 bits per heavy atom. The molecule has 0 spiro atoms. The highest BCUT2D eigenvalue weighted by molar-refractivity contribution is 9.10. The van der Waals surface area contributed by atoms with Crippen LogP contribution in [-0.4, -0.2) is 24.1 Å². The van der Waals surface area contributed by atoms with Crippen LogP contribution >= 0.6 is 28.3 Å². The Morgan fingerprint density at radius 1 is 1.55 bits per heavy atom. The van der Waals surface area contributed by atoms with Crippen LogP contribution in [0.25, 0.3) is 0 Å². The molecule has 1 unspecified atom stereocenters. The summed E-state index contributed by atoms with van der Waals surface area (Å²) >= 11 is 3.18. The molecule has 3 N–H and O–H groups in total. The van der Waals surface area contributed by atoms with Gasteiger partial charge in [-0.3, -0.25) is 4.79 Å². The lowest BCUT2D eigenvalue weighted by atomic mass is 10.1. The summed E-state index contributed by atoms with van der Waals surface area (Å²) in [6.07, 6.45) is -0.701. The van der Waals surface area contributed by atoms with E-state index < -0.39 is 11.6 Å². The molecule has 1 amide bonds. The van der Waals surface area contributed by atoms with Gasteiger partial charge in [0.15, 0.2) is 6.10 Å². The van der Waals surface area contributed by atoms with E-state index >= 15 is 0 Å². The lowest BCUT2D eigenvalue weighted by Gasteiger charge is -2.26. The molecular weight excluding hydrogens is 351 g/mol. The number of carbonyl (C=O) groups excluding carboxylic acids is 1. The van der Waals surface area contributed by atoms with Gasteiger partial charge in [-0.05, 0) is 54.9 Å². The molecular formula is C13H19BrClFN2O2. The third-order valence-electron chi connectivity index (χ3n) is 2.54. The first-order valence-electron chi connectivity index (χ1n) is 5.89. The van der Waals surface area contributed by atoms with Crippen LogP contribution in [0.3, 0.4) is 0 Å². The number of amides is 1. The van der Waals surface area contributed by atoms with Gasteiger partial charge >= 0.3 is 0 Å². The Kier molecular flexibility index (Phi) is 7.47. The van der Waals surface area contributed by atoms with Crippen molar-refractivity contribution in [2.75, 3.05) is 6.54 Å². The first kappa shape index (κ1) is 19.1. The summed E-state index contributed by atoms with van der Waals surface area (Å²) < 4.78 is 18.9. The average Bonchev–Trinajstić information content (AvgIpc) is 2.32. The van der Waals surface area contributed by atoms with Gasteiger partial charge < -0.3 is 15.8 Å². The molecule has 0 saturated heterocycles. The van der Waals surface area contributed by atoms with Crippen molar-refractivity contribution in [2.24, 2.45) is 5.73 Å². The van der Waals surface area contributed by atoms with Gasteiger partial charge in [0.1, 0.15) is 11.6 Å². The van der Waals surface area contributed by atoms with Crippen LogP contribution in [0.2, 0.25) is 0 Å². The molecule has 7 heteroatoms. The second-order valence-electron chi connectivity index (χ2n) is 4.91. The van der Waals surface area contributed by atoms with Crippen LogP contribution in [0.15, 0.2) is 22.7 Å². The van der Waals surface area contributed by atoms with Crippen molar-refractivity contribution in [2.45, 2.75) is 32.4 Å². The summed E-state index contributed by atoms with van der Waals surface area (Å²) in [6.45, 7) is 5.60. The topological polar surface area (TPSA) is 64.3 Å². The van der Waals surface area contributed by atoms with E-state index in [0.717, 1.165) is 0 Å². The molecule has 1 aromatic rings. The predicted molar refractivity (Wildman–Crippen MR) is 82.7 cm³/mol. The smallest absolute Gasteiger partial charge is 0.261 e. The summed E-state index contributed by atoms with van der Waals surface area (Å²) in [7, 11) is 0. The molecule has 114 valence electrons. The summed E-state index contributed by atoms with van der Waals surface area (Å²) in [5.41, 5.74) is 5.05. The van der Waals surface area contributed by atoms with Crippen molar-refractivity contribution in [3.63, 3.8) is 0 Å². The third-order valence-corrected chi connectivity index (χ3v) is 3.16. The largest absolute Gasteiger partial charge is 0.480 e. The minimum Gasteiger partial charge on any atom is -0.480 e. The van der Waals surface area contributed by atoms with E-state index in [-0.39, 0.29) is 24.1 Å². The van der Waals surface area contributed by atoms with E-state index in [1.165, 1.54) is 18.2 Å². The van der Waals surface area contributed by atoms with Crippen molar-refractivity contribution in [3.05, 3.63) is 28.5 Å². The zero-order valence-electron chi connectivity index (χ0n) is 11.6. The Morgan fingerprint density at radius 3 is 2.65 bits per heavy atom. The normalized spacial score (nSPS) is 12.3. The summed E-state index contributed by atoms with van der Waals surface area (Å²) in [5.74, 6) is -0.234. The lowest BCUT2D eigenvalue weighted by Crippen LogP contribution is -2.52. The molecule has 0 aliphatic carbocycles. The fourth-order valence-corrected chi connectivity index (χ4v) is 1.75. The van der Waals surface area contributed by atoms with Gasteiger partial charge in [-0.2, -0.15) is 0 Å². The van der Waals surface area contributed by atoms with Gasteiger partial charge in [0.25, 0.3) is 5.91 Å². The van der Waals surface area contributed by atoms with Crippen LogP contribution in [0.4, 0.5) is 4.39 Å². The molecule has 0 aliphatic heterocycles. The van der Waals surface area contributed by atoms with Crippen LogP contribution in [0.1, 0.15) is 20.8 Å². The van der Waals surface area contributed by atoms with Crippen molar-refractivity contribution in [1.29, 1.82) is 0 Å². The molecule has 0 aliphatic rings. The van der Waals surface area contributed by atoms with Gasteiger partial charge in [0, 0.05) is 12.1 Å². The second-order valence-corrected chi connectivity index (χ2v) is 5.77. The van der Waals surface area contributed by atoms with Gasteiger partial charge in [-0.25, -0.2) is 4.39 Å². The highest BCUT2D eigenvalue weighted by Crippen LogP contribution is 2.26. The van der Waals surface area contributed by atoms with Crippen molar-refractivity contribution >= 4 is 34.2 Å². The van der Waals surface area contributed by atoms with Crippen LogP contribution < -0.4 is 15.8 Å². The van der Waals surface area contributed by atoms with E-state index in [1.54, 1.807) is 6.92 Å². The molecule has 1 atom stereocenters. The summed E-state index contributed by atoms with van der Waals surface area (Å²) in [6, 6.07) is 4.02. The maximum absolute atomic E-state index is 12.9. The molecule has 0 aromatic heterocycles. The molecule has 0 saturated carbocycles. The van der Waals surface area contributed by atoms with Crippen LogP contribution in [-0.2, 0) is 4.79 Å². The highest BCUT2D eigenvalue weighted by Gasteiger charge is 2.23. The molecule has 0 radical (unpaired) electrons. The first-order valence-corrected chi connectivity index (χ1v) is 6.68. The SMILES string of the molecule is CC(Oc1ccc(F)cc1Br)C(=O)NC(C)(C)CN.Cl. The molecule has 0 fully saturated rings. The highest BCUT2D eigenvalue weighted by atomic mass is 79.9. The van der Waals surface area contributed by atoms with E-state index in [4.69, 9.17) is 10.5 Å². The number of nitrogens with two attached hydrogens (primary N) is 1. The number of nitrogens with one attached hydrogen (secondary N) is 1. The monoisotopic (exact) mass is 368 g/mol. The van der Waals surface area contributed by atoms with Gasteiger partial charge in [-0.15, -0.1) is 12.4 Å². The number of carbonyl (C=O) groups is 1. The van der Waals surface area contributed by atoms with Gasteiger partial charge in [-0.1, -0.05) is 0 Å². The Bertz CT molecular complexity index is 472. The maximum atomic E-state index is 12.9. The number of ether oxygens (including phenoxy) is 1. The average molecular weight is 370 g/mol. The Labute approximate surface area is 132 Å². The third kappa shape index (κ3) is 5.64. The molecule has 0 bridgehead atoms. The number of hydrogen-bond acceptors (Lipinski definition) is 3. The number of benzene rings is 1. The number of rotatable bonds is 5. The first-order chi connectivity index (χ1) is 8.75. The van der Waals surface area contributed by atoms with Crippen molar-refractivity contribution in [3.8, 4) is 5.75 Å². The van der Waals surface area contributed by atoms with E-state index in [9.17, 15) is 9.18 Å². The van der Waals surface area contributed by atoms with Gasteiger partial charge in [0.2, 0.25) is 0 Å². The Hall–Kier alpha value is -0.850. The predicted octanol–water partition coefficient (Wildman–Crippen LogP) is 2.63. The summed E-state index contributed by atoms with van der Waals surface area (Å²) in [5, 5.41) is 2.78. The van der Waals surface area contributed by atoms with E-state index in [0.29, 0.717) is 16.8 Å². The standard InChI is InChI=1S/C13H18BrFN2O2.ClH/c1-8(12(18)17-13(2,3)7-16)19-11-5-4-9(15)6-10(11)14;/h4-6,8H,7,16H2,1-3H3,(H,17,18);1H. The second kappa shape index (κ2) is 7.81. The van der Waals surface area contributed by atoms with Crippen molar-refractivity contribution in [1.82, 2.24) is 5.32 Å². The van der Waals surface area contributed by atoms with Gasteiger partial charge in [0.05, 0.1) is 4.47 Å². The zero-order chi connectivity index (χ0) is 14.6. The zero-order valence-corrected chi connectivity index (χ0v) is 14.0. The van der Waals surface area contributed by atoms with Crippen molar-refractivity contribution < 1.29 is 13.9 Å². The van der Waals surface area contributed by atoms with E-state index in [1.807, 2.05) is 13.8 Å². The molecule has 4 nitrogen and oxygen atoms in total. The summed E-state index contributed by atoms with van der Waals surface area (Å²) in [4.78, 5) is 11.9. The number of halogens is 3. The molecule has 0 heterocycles. The van der Waals surface area contributed by atoms with E-state index in [2.05, 4.69) is 21.2 Å². The molecule has 20 heavy (non-hydrogen) atoms. The van der Waals surface area contributed by atoms with Crippen LogP contribution in [0, 0.1) is 5.82 Å². The molecule has 1 rings (SSSR count). The van der Waals surface area contributed by atoms with Crippen LogP contribution in [0.5, 0.6) is 5.75 Å². The number of hydrogen-bond donors (Lipinski definition) is 2.